The van der Waals surface area contributed by atoms with E-state index in [1.165, 1.54) is 32.7 Å². The molecule has 0 bridgehead atoms. The Hall–Kier alpha value is -7.63. The molecule has 0 unspecified atom stereocenters. The number of benzene rings is 8. The topological polar surface area (TPSA) is 48.5 Å². The third kappa shape index (κ3) is 5.21. The summed E-state index contributed by atoms with van der Waals surface area (Å²) in [4.78, 5) is 15.0. The molecule has 262 valence electrons. The maximum Gasteiger partial charge on any atom is 0.164 e. The van der Waals surface area contributed by atoms with E-state index in [4.69, 9.17) is 15.0 Å². The molecule has 0 radical (unpaired) electrons. The molecule has 56 heavy (non-hydrogen) atoms. The molecular weight excluding hydrogens is 683 g/mol. The van der Waals surface area contributed by atoms with E-state index in [9.17, 15) is 0 Å². The first kappa shape index (κ1) is 31.9. The van der Waals surface area contributed by atoms with Gasteiger partial charge in [0.15, 0.2) is 17.5 Å². The third-order valence-electron chi connectivity index (χ3n) is 10.8. The van der Waals surface area contributed by atoms with Gasteiger partial charge in [0, 0.05) is 44.2 Å². The van der Waals surface area contributed by atoms with Crippen LogP contribution in [0, 0.1) is 0 Å². The highest BCUT2D eigenvalue weighted by Gasteiger charge is 2.21. The summed E-state index contributed by atoms with van der Waals surface area (Å²) in [5.74, 6) is 1.91. The van der Waals surface area contributed by atoms with Crippen LogP contribution in [0.5, 0.6) is 0 Å². The van der Waals surface area contributed by atoms with Crippen LogP contribution in [0.3, 0.4) is 0 Å². The third-order valence-corrected chi connectivity index (χ3v) is 10.8. The molecule has 0 saturated carbocycles. The van der Waals surface area contributed by atoms with Gasteiger partial charge >= 0.3 is 0 Å². The van der Waals surface area contributed by atoms with Crippen LogP contribution in [-0.2, 0) is 0 Å². The fourth-order valence-corrected chi connectivity index (χ4v) is 8.24. The van der Waals surface area contributed by atoms with Crippen LogP contribution in [0.15, 0.2) is 200 Å². The highest BCUT2D eigenvalue weighted by Crippen LogP contribution is 2.42. The smallest absolute Gasteiger partial charge is 0.164 e. The molecule has 11 rings (SSSR count). The molecule has 0 N–H and O–H groups in total. The maximum absolute atomic E-state index is 5.05. The number of fused-ring (bicyclic) bond motifs is 2. The van der Waals surface area contributed by atoms with Crippen molar-refractivity contribution < 1.29 is 0 Å². The summed E-state index contributed by atoms with van der Waals surface area (Å²) in [5, 5.41) is 4.86. The fraction of sp³-hybridized carbons (Fsp3) is 0. The van der Waals surface area contributed by atoms with Gasteiger partial charge in [-0.05, 0) is 65.0 Å². The van der Waals surface area contributed by atoms with Crippen molar-refractivity contribution in [2.45, 2.75) is 0 Å². The molecule has 5 nitrogen and oxygen atoms in total. The summed E-state index contributed by atoms with van der Waals surface area (Å²) in [5.41, 5.74) is 11.9. The number of para-hydroxylation sites is 1. The Morgan fingerprint density at radius 2 is 0.696 bits per heavy atom. The van der Waals surface area contributed by atoms with Crippen molar-refractivity contribution in [3.8, 4) is 56.7 Å². The van der Waals surface area contributed by atoms with Crippen molar-refractivity contribution >= 4 is 43.6 Å². The van der Waals surface area contributed by atoms with Gasteiger partial charge in [-0.25, -0.2) is 15.0 Å². The molecule has 8 aromatic carbocycles. The minimum absolute atomic E-state index is 0.627. The first-order valence-corrected chi connectivity index (χ1v) is 18.9. The van der Waals surface area contributed by atoms with Gasteiger partial charge in [-0.3, -0.25) is 0 Å². The number of hydrogen-bond acceptors (Lipinski definition) is 3. The molecule has 3 heterocycles. The van der Waals surface area contributed by atoms with Crippen LogP contribution in [0.4, 0.5) is 0 Å². The number of rotatable bonds is 6. The summed E-state index contributed by atoms with van der Waals surface area (Å²) in [6.07, 6.45) is 0. The van der Waals surface area contributed by atoms with Crippen LogP contribution in [0.2, 0.25) is 0 Å². The zero-order valence-corrected chi connectivity index (χ0v) is 30.3. The lowest BCUT2D eigenvalue weighted by atomic mass is 10.1. The molecule has 11 aromatic rings. The minimum atomic E-state index is 0.627. The van der Waals surface area contributed by atoms with Gasteiger partial charge in [-0.1, -0.05) is 152 Å². The van der Waals surface area contributed by atoms with Crippen molar-refractivity contribution in [1.82, 2.24) is 24.1 Å². The average molecular weight is 716 g/mol. The Morgan fingerprint density at radius 1 is 0.268 bits per heavy atom. The Labute approximate surface area is 323 Å². The highest BCUT2D eigenvalue weighted by molar-refractivity contribution is 6.27. The monoisotopic (exact) mass is 715 g/mol. The van der Waals surface area contributed by atoms with Crippen LogP contribution in [0.25, 0.3) is 100 Å². The van der Waals surface area contributed by atoms with Gasteiger partial charge < -0.3 is 9.13 Å². The molecule has 3 aromatic heterocycles. The van der Waals surface area contributed by atoms with Crippen molar-refractivity contribution in [2.24, 2.45) is 0 Å². The van der Waals surface area contributed by atoms with Crippen LogP contribution in [0.1, 0.15) is 0 Å². The summed E-state index contributed by atoms with van der Waals surface area (Å²) in [6.45, 7) is 0. The molecule has 0 fully saturated rings. The Kier molecular flexibility index (Phi) is 7.42. The first-order chi connectivity index (χ1) is 27.8. The van der Waals surface area contributed by atoms with E-state index in [-0.39, 0.29) is 0 Å². The molecule has 5 heteroatoms. The van der Waals surface area contributed by atoms with E-state index in [1.807, 2.05) is 60.7 Å². The van der Waals surface area contributed by atoms with Crippen LogP contribution >= 0.6 is 0 Å². The summed E-state index contributed by atoms with van der Waals surface area (Å²) < 4.78 is 4.82. The molecule has 0 saturated heterocycles. The Bertz CT molecular complexity index is 3160. The molecular formula is C51H33N5. The molecule has 0 atom stereocenters. The van der Waals surface area contributed by atoms with Crippen molar-refractivity contribution in [2.75, 3.05) is 0 Å². The molecule has 0 aliphatic rings. The quantitative estimate of drug-likeness (QED) is 0.172. The first-order valence-electron chi connectivity index (χ1n) is 18.9. The number of hydrogen-bond donors (Lipinski definition) is 0. The lowest BCUT2D eigenvalue weighted by Crippen LogP contribution is -2.01. The van der Waals surface area contributed by atoms with E-state index in [2.05, 4.69) is 149 Å². The van der Waals surface area contributed by atoms with Crippen molar-refractivity contribution in [3.63, 3.8) is 0 Å². The number of aromatic nitrogens is 5. The SMILES string of the molecule is c1ccc(-c2ccc(-n3c4ccccc4c4cccc5c4c4c3cccc4n5-c3cccc(-c4nc(-c5ccccc5)nc(-c5ccccc5)n4)c3)cc2)cc1. The van der Waals surface area contributed by atoms with Gasteiger partial charge in [0.2, 0.25) is 0 Å². The zero-order chi connectivity index (χ0) is 37.0. The lowest BCUT2D eigenvalue weighted by Gasteiger charge is -2.14. The predicted octanol–water partition coefficient (Wildman–Crippen LogP) is 12.7. The minimum Gasteiger partial charge on any atom is -0.309 e. The van der Waals surface area contributed by atoms with Gasteiger partial charge in [0.1, 0.15) is 0 Å². The van der Waals surface area contributed by atoms with Crippen molar-refractivity contribution in [3.05, 3.63) is 200 Å². The standard InChI is InChI=1S/C51H33N5/c1-4-15-34(16-5-1)35-29-31-39(32-30-35)55-43-25-11-10-23-41(43)42-24-13-26-44-47(42)48-45(55)27-14-28-46(48)56(44)40-22-12-21-38(33-40)51-53-49(36-17-6-2-7-18-36)52-50(54-51)37-19-8-3-9-20-37/h1-33H. The van der Waals surface area contributed by atoms with E-state index < -0.39 is 0 Å². The van der Waals surface area contributed by atoms with Gasteiger partial charge in [0.05, 0.1) is 22.1 Å². The molecule has 0 spiro atoms. The number of nitrogens with zero attached hydrogens (tertiary/aromatic N) is 5. The lowest BCUT2D eigenvalue weighted by molar-refractivity contribution is 1.07. The molecule has 0 amide bonds. The second-order valence-electron chi connectivity index (χ2n) is 14.1. The molecule has 0 aliphatic heterocycles. The van der Waals surface area contributed by atoms with Gasteiger partial charge in [-0.2, -0.15) is 0 Å². The summed E-state index contributed by atoms with van der Waals surface area (Å²) >= 11 is 0. The van der Waals surface area contributed by atoms with E-state index in [1.54, 1.807) is 0 Å². The van der Waals surface area contributed by atoms with E-state index >= 15 is 0 Å². The van der Waals surface area contributed by atoms with Gasteiger partial charge in [0.25, 0.3) is 0 Å². The summed E-state index contributed by atoms with van der Waals surface area (Å²) in [7, 11) is 0. The highest BCUT2D eigenvalue weighted by atomic mass is 15.0. The van der Waals surface area contributed by atoms with Crippen molar-refractivity contribution in [1.29, 1.82) is 0 Å². The van der Waals surface area contributed by atoms with Crippen LogP contribution < -0.4 is 0 Å². The maximum atomic E-state index is 5.05. The largest absolute Gasteiger partial charge is 0.309 e. The Morgan fingerprint density at radius 3 is 1.34 bits per heavy atom. The zero-order valence-electron chi connectivity index (χ0n) is 30.3. The second-order valence-corrected chi connectivity index (χ2v) is 14.1. The normalized spacial score (nSPS) is 11.6. The summed E-state index contributed by atoms with van der Waals surface area (Å²) in [6, 6.07) is 70.5. The van der Waals surface area contributed by atoms with Gasteiger partial charge in [-0.15, -0.1) is 0 Å². The van der Waals surface area contributed by atoms with E-state index in [0.29, 0.717) is 17.5 Å². The van der Waals surface area contributed by atoms with E-state index in [0.717, 1.165) is 50.1 Å². The average Bonchev–Trinajstić information content (AvgIpc) is 3.56. The Balaban J connectivity index is 1.15. The van der Waals surface area contributed by atoms with Crippen LogP contribution in [-0.4, -0.2) is 24.1 Å². The second kappa shape index (κ2) is 13.0. The fourth-order valence-electron chi connectivity index (χ4n) is 8.24. The molecule has 0 aliphatic carbocycles. The predicted molar refractivity (Wildman–Crippen MR) is 230 cm³/mol.